The maximum absolute atomic E-state index is 11.3. The number of esters is 1. The van der Waals surface area contributed by atoms with Gasteiger partial charge in [0.25, 0.3) is 0 Å². The standard InChI is InChI=1S/C10H11BrO3/c1-6-4-7(10(12)14-3)9(13-2)5-8(6)11/h4-5H,1-3H3. The molecule has 0 amide bonds. The van der Waals surface area contributed by atoms with Crippen molar-refractivity contribution in [1.82, 2.24) is 0 Å². The molecule has 0 fully saturated rings. The van der Waals surface area contributed by atoms with Crippen molar-refractivity contribution < 1.29 is 14.3 Å². The first-order valence-corrected chi connectivity index (χ1v) is 4.82. The Kier molecular flexibility index (Phi) is 3.52. The molecule has 76 valence electrons. The molecule has 0 spiro atoms. The number of aryl methyl sites for hydroxylation is 1. The minimum Gasteiger partial charge on any atom is -0.496 e. The van der Waals surface area contributed by atoms with Crippen molar-refractivity contribution >= 4 is 21.9 Å². The van der Waals surface area contributed by atoms with Crippen LogP contribution in [0, 0.1) is 6.92 Å². The second kappa shape index (κ2) is 4.46. The molecule has 3 nitrogen and oxygen atoms in total. The molecule has 0 aliphatic heterocycles. The van der Waals surface area contributed by atoms with Crippen LogP contribution >= 0.6 is 15.9 Å². The monoisotopic (exact) mass is 258 g/mol. The maximum atomic E-state index is 11.3. The van der Waals surface area contributed by atoms with E-state index in [2.05, 4.69) is 20.7 Å². The van der Waals surface area contributed by atoms with E-state index < -0.39 is 5.97 Å². The first kappa shape index (κ1) is 11.0. The summed E-state index contributed by atoms with van der Waals surface area (Å²) in [6.45, 7) is 1.90. The summed E-state index contributed by atoms with van der Waals surface area (Å²) in [5, 5.41) is 0. The molecule has 0 aliphatic carbocycles. The zero-order valence-electron chi connectivity index (χ0n) is 8.26. The quantitative estimate of drug-likeness (QED) is 0.765. The molecule has 0 aromatic heterocycles. The van der Waals surface area contributed by atoms with Gasteiger partial charge in [0.05, 0.1) is 14.2 Å². The van der Waals surface area contributed by atoms with E-state index in [1.807, 2.05) is 6.92 Å². The number of carbonyl (C=O) groups is 1. The fourth-order valence-electron chi connectivity index (χ4n) is 1.10. The molecule has 0 radical (unpaired) electrons. The minimum atomic E-state index is -0.391. The number of hydrogen-bond acceptors (Lipinski definition) is 3. The fourth-order valence-corrected chi connectivity index (χ4v) is 1.42. The average molecular weight is 259 g/mol. The van der Waals surface area contributed by atoms with Gasteiger partial charge in [-0.15, -0.1) is 0 Å². The van der Waals surface area contributed by atoms with E-state index >= 15 is 0 Å². The summed E-state index contributed by atoms with van der Waals surface area (Å²) < 4.78 is 10.6. The third-order valence-corrected chi connectivity index (χ3v) is 2.74. The van der Waals surface area contributed by atoms with E-state index in [-0.39, 0.29) is 0 Å². The van der Waals surface area contributed by atoms with Crippen LogP contribution in [0.3, 0.4) is 0 Å². The molecule has 0 N–H and O–H groups in total. The molecule has 0 atom stereocenters. The highest BCUT2D eigenvalue weighted by atomic mass is 79.9. The Morgan fingerprint density at radius 1 is 1.36 bits per heavy atom. The summed E-state index contributed by atoms with van der Waals surface area (Å²) >= 11 is 3.36. The summed E-state index contributed by atoms with van der Waals surface area (Å²) in [4.78, 5) is 11.3. The predicted octanol–water partition coefficient (Wildman–Crippen LogP) is 2.55. The van der Waals surface area contributed by atoms with Gasteiger partial charge in [-0.2, -0.15) is 0 Å². The number of hydrogen-bond donors (Lipinski definition) is 0. The highest BCUT2D eigenvalue weighted by Crippen LogP contribution is 2.27. The van der Waals surface area contributed by atoms with Crippen LogP contribution in [0.2, 0.25) is 0 Å². The van der Waals surface area contributed by atoms with Crippen LogP contribution in [0.5, 0.6) is 5.75 Å². The molecule has 1 rings (SSSR count). The second-order valence-corrected chi connectivity index (χ2v) is 3.65. The van der Waals surface area contributed by atoms with Crippen molar-refractivity contribution in [3.8, 4) is 5.75 Å². The van der Waals surface area contributed by atoms with Crippen LogP contribution in [0.1, 0.15) is 15.9 Å². The molecular formula is C10H11BrO3. The Morgan fingerprint density at radius 3 is 2.50 bits per heavy atom. The van der Waals surface area contributed by atoms with Gasteiger partial charge in [0.1, 0.15) is 11.3 Å². The van der Waals surface area contributed by atoms with Gasteiger partial charge in [-0.25, -0.2) is 4.79 Å². The van der Waals surface area contributed by atoms with Gasteiger partial charge in [0.2, 0.25) is 0 Å². The van der Waals surface area contributed by atoms with Gasteiger partial charge in [0.15, 0.2) is 0 Å². The predicted molar refractivity (Wildman–Crippen MR) is 56.8 cm³/mol. The lowest BCUT2D eigenvalue weighted by molar-refractivity contribution is 0.0597. The number of methoxy groups -OCH3 is 2. The Bertz CT molecular complexity index is 361. The van der Waals surface area contributed by atoms with E-state index in [9.17, 15) is 4.79 Å². The average Bonchev–Trinajstić information content (AvgIpc) is 2.20. The Labute approximate surface area is 91.1 Å². The molecule has 0 aliphatic rings. The number of benzene rings is 1. The molecule has 0 saturated heterocycles. The van der Waals surface area contributed by atoms with Crippen LogP contribution in [-0.2, 0) is 4.74 Å². The molecule has 4 heteroatoms. The van der Waals surface area contributed by atoms with Gasteiger partial charge < -0.3 is 9.47 Å². The van der Waals surface area contributed by atoms with Crippen LogP contribution < -0.4 is 4.74 Å². The molecule has 0 bridgehead atoms. The van der Waals surface area contributed by atoms with Crippen molar-refractivity contribution in [2.24, 2.45) is 0 Å². The van der Waals surface area contributed by atoms with Crippen molar-refractivity contribution in [1.29, 1.82) is 0 Å². The first-order chi connectivity index (χ1) is 6.60. The molecule has 0 heterocycles. The van der Waals surface area contributed by atoms with Gasteiger partial charge in [-0.05, 0) is 24.6 Å². The number of ether oxygens (including phenoxy) is 2. The van der Waals surface area contributed by atoms with E-state index in [0.717, 1.165) is 10.0 Å². The van der Waals surface area contributed by atoms with Crippen LogP contribution in [-0.4, -0.2) is 20.2 Å². The zero-order valence-corrected chi connectivity index (χ0v) is 9.84. The van der Waals surface area contributed by atoms with E-state index in [0.29, 0.717) is 11.3 Å². The zero-order chi connectivity index (χ0) is 10.7. The van der Waals surface area contributed by atoms with Gasteiger partial charge >= 0.3 is 5.97 Å². The SMILES string of the molecule is COC(=O)c1cc(C)c(Br)cc1OC. The van der Waals surface area contributed by atoms with Gasteiger partial charge in [-0.1, -0.05) is 15.9 Å². The van der Waals surface area contributed by atoms with Gasteiger partial charge in [0, 0.05) is 4.47 Å². The molecule has 14 heavy (non-hydrogen) atoms. The smallest absolute Gasteiger partial charge is 0.341 e. The maximum Gasteiger partial charge on any atom is 0.341 e. The lowest BCUT2D eigenvalue weighted by atomic mass is 10.1. The normalized spacial score (nSPS) is 9.71. The van der Waals surface area contributed by atoms with Crippen molar-refractivity contribution in [3.05, 3.63) is 27.7 Å². The van der Waals surface area contributed by atoms with Crippen LogP contribution in [0.25, 0.3) is 0 Å². The topological polar surface area (TPSA) is 35.5 Å². The van der Waals surface area contributed by atoms with Crippen molar-refractivity contribution in [2.45, 2.75) is 6.92 Å². The highest BCUT2D eigenvalue weighted by Gasteiger charge is 2.14. The van der Waals surface area contributed by atoms with Crippen molar-refractivity contribution in [2.75, 3.05) is 14.2 Å². The summed E-state index contributed by atoms with van der Waals surface area (Å²) in [5.74, 6) is 0.117. The van der Waals surface area contributed by atoms with E-state index in [1.165, 1.54) is 14.2 Å². The minimum absolute atomic E-state index is 0.391. The summed E-state index contributed by atoms with van der Waals surface area (Å²) in [6, 6.07) is 3.48. The Morgan fingerprint density at radius 2 is 2.00 bits per heavy atom. The summed E-state index contributed by atoms with van der Waals surface area (Å²) in [6.07, 6.45) is 0. The Hall–Kier alpha value is -1.03. The molecule has 0 unspecified atom stereocenters. The lowest BCUT2D eigenvalue weighted by Crippen LogP contribution is -2.04. The number of rotatable bonds is 2. The van der Waals surface area contributed by atoms with Crippen LogP contribution in [0.4, 0.5) is 0 Å². The molecule has 1 aromatic carbocycles. The third-order valence-electron chi connectivity index (χ3n) is 1.89. The lowest BCUT2D eigenvalue weighted by Gasteiger charge is -2.08. The largest absolute Gasteiger partial charge is 0.496 e. The van der Waals surface area contributed by atoms with E-state index in [4.69, 9.17) is 4.74 Å². The van der Waals surface area contributed by atoms with Gasteiger partial charge in [-0.3, -0.25) is 0 Å². The Balaban J connectivity index is 3.27. The summed E-state index contributed by atoms with van der Waals surface area (Å²) in [7, 11) is 2.86. The fraction of sp³-hybridized carbons (Fsp3) is 0.300. The highest BCUT2D eigenvalue weighted by molar-refractivity contribution is 9.10. The molecular weight excluding hydrogens is 248 g/mol. The summed E-state index contributed by atoms with van der Waals surface area (Å²) in [5.41, 5.74) is 1.40. The van der Waals surface area contributed by atoms with E-state index in [1.54, 1.807) is 12.1 Å². The first-order valence-electron chi connectivity index (χ1n) is 4.02. The van der Waals surface area contributed by atoms with Crippen LogP contribution in [0.15, 0.2) is 16.6 Å². The van der Waals surface area contributed by atoms with Crippen molar-refractivity contribution in [3.63, 3.8) is 0 Å². The third kappa shape index (κ3) is 2.07. The number of carbonyl (C=O) groups excluding carboxylic acids is 1. The molecule has 1 aromatic rings. The number of halogens is 1. The molecule has 0 saturated carbocycles. The second-order valence-electron chi connectivity index (χ2n) is 2.79.